The van der Waals surface area contributed by atoms with E-state index in [1.165, 1.54) is 0 Å². The monoisotopic (exact) mass is 538 g/mol. The molecule has 6 nitrogen and oxygen atoms in total. The van der Waals surface area contributed by atoms with Crippen LogP contribution in [0.4, 0.5) is 0 Å². The van der Waals surface area contributed by atoms with Gasteiger partial charge in [-0.2, -0.15) is 0 Å². The number of halogens is 1. The number of benzene rings is 2. The van der Waals surface area contributed by atoms with Crippen LogP contribution in [0.5, 0.6) is 5.75 Å². The molecule has 2 aromatic rings. The van der Waals surface area contributed by atoms with E-state index in [2.05, 4.69) is 53.8 Å². The first-order chi connectivity index (χ1) is 14.4. The molecule has 0 saturated heterocycles. The van der Waals surface area contributed by atoms with Crippen molar-refractivity contribution in [1.82, 2.24) is 16.0 Å². The number of carbonyl (C=O) groups is 1. The summed E-state index contributed by atoms with van der Waals surface area (Å²) in [5.41, 5.74) is 2.82. The Bertz CT molecular complexity index is 838. The van der Waals surface area contributed by atoms with Gasteiger partial charge < -0.3 is 20.7 Å². The van der Waals surface area contributed by atoms with Crippen LogP contribution >= 0.6 is 24.0 Å². The van der Waals surface area contributed by atoms with E-state index < -0.39 is 0 Å². The lowest BCUT2D eigenvalue weighted by Crippen LogP contribution is -2.38. The van der Waals surface area contributed by atoms with E-state index in [4.69, 9.17) is 4.74 Å². The summed E-state index contributed by atoms with van der Waals surface area (Å²) in [6.07, 6.45) is 0. The molecule has 170 valence electrons. The molecule has 1 atom stereocenters. The minimum atomic E-state index is -0.0590. The molecule has 7 heteroatoms. The second-order valence-corrected chi connectivity index (χ2v) is 7.63. The summed E-state index contributed by atoms with van der Waals surface area (Å²) in [6.45, 7) is 10.2. The number of carbonyl (C=O) groups excluding carboxylic acids is 1. The fourth-order valence-electron chi connectivity index (χ4n) is 2.87. The molecule has 0 aliphatic rings. The first-order valence-electron chi connectivity index (χ1n) is 10.5. The van der Waals surface area contributed by atoms with Gasteiger partial charge in [-0.05, 0) is 55.2 Å². The first kappa shape index (κ1) is 26.7. The van der Waals surface area contributed by atoms with Crippen molar-refractivity contribution >= 4 is 35.8 Å². The molecule has 1 amide bonds. The Balaban J connectivity index is 0.00000480. The molecule has 3 N–H and O–H groups in total. The van der Waals surface area contributed by atoms with Gasteiger partial charge in [0.05, 0.1) is 12.6 Å². The molecule has 0 heterocycles. The van der Waals surface area contributed by atoms with Gasteiger partial charge in [0.25, 0.3) is 5.91 Å². The molecule has 0 aliphatic heterocycles. The molecular weight excluding hydrogens is 503 g/mol. The minimum Gasteiger partial charge on any atom is -0.493 e. The predicted molar refractivity (Wildman–Crippen MR) is 138 cm³/mol. The number of rotatable bonds is 9. The van der Waals surface area contributed by atoms with E-state index in [0.29, 0.717) is 37.1 Å². The lowest BCUT2D eigenvalue weighted by atomic mass is 10.1. The topological polar surface area (TPSA) is 74.8 Å². The number of hydrogen-bond donors (Lipinski definition) is 3. The fourth-order valence-corrected chi connectivity index (χ4v) is 2.87. The maximum absolute atomic E-state index is 12.0. The zero-order valence-corrected chi connectivity index (χ0v) is 21.4. The van der Waals surface area contributed by atoms with Crippen LogP contribution in [-0.4, -0.2) is 32.1 Å². The van der Waals surface area contributed by atoms with Gasteiger partial charge in [0, 0.05) is 25.7 Å². The van der Waals surface area contributed by atoms with Crippen molar-refractivity contribution in [1.29, 1.82) is 0 Å². The van der Waals surface area contributed by atoms with Crippen LogP contribution in [0.1, 0.15) is 55.2 Å². The van der Waals surface area contributed by atoms with Gasteiger partial charge >= 0.3 is 0 Å². The van der Waals surface area contributed by atoms with Crippen molar-refractivity contribution in [2.24, 2.45) is 10.9 Å². The smallest absolute Gasteiger partial charge is 0.251 e. The first-order valence-corrected chi connectivity index (χ1v) is 10.5. The number of guanidine groups is 1. The molecule has 0 bridgehead atoms. The average molecular weight is 538 g/mol. The predicted octanol–water partition coefficient (Wildman–Crippen LogP) is 4.52. The van der Waals surface area contributed by atoms with Crippen molar-refractivity contribution in [2.45, 2.75) is 40.3 Å². The summed E-state index contributed by atoms with van der Waals surface area (Å²) >= 11 is 0. The van der Waals surface area contributed by atoms with Crippen LogP contribution in [0, 0.1) is 5.92 Å². The molecule has 0 radical (unpaired) electrons. The van der Waals surface area contributed by atoms with Gasteiger partial charge in [-0.3, -0.25) is 9.79 Å². The van der Waals surface area contributed by atoms with Gasteiger partial charge in [0.1, 0.15) is 5.75 Å². The van der Waals surface area contributed by atoms with Gasteiger partial charge in [0.2, 0.25) is 0 Å². The van der Waals surface area contributed by atoms with Crippen LogP contribution < -0.4 is 20.7 Å². The molecule has 0 aromatic heterocycles. The van der Waals surface area contributed by atoms with Gasteiger partial charge in [-0.25, -0.2) is 0 Å². The van der Waals surface area contributed by atoms with Gasteiger partial charge in [-0.1, -0.05) is 38.1 Å². The molecule has 1 unspecified atom stereocenters. The highest BCUT2D eigenvalue weighted by molar-refractivity contribution is 14.0. The minimum absolute atomic E-state index is 0. The van der Waals surface area contributed by atoms with Crippen molar-refractivity contribution in [3.8, 4) is 5.75 Å². The highest BCUT2D eigenvalue weighted by Crippen LogP contribution is 2.18. The molecule has 0 fully saturated rings. The molecule has 2 rings (SSSR count). The van der Waals surface area contributed by atoms with E-state index in [-0.39, 0.29) is 35.9 Å². The summed E-state index contributed by atoms with van der Waals surface area (Å²) in [7, 11) is 1.75. The Morgan fingerprint density at radius 3 is 2.39 bits per heavy atom. The number of nitrogens with zero attached hydrogens (tertiary/aromatic N) is 1. The number of nitrogens with one attached hydrogen (secondary N) is 3. The van der Waals surface area contributed by atoms with Crippen LogP contribution in [0.2, 0.25) is 0 Å². The van der Waals surface area contributed by atoms with E-state index in [9.17, 15) is 4.79 Å². The van der Waals surface area contributed by atoms with Crippen molar-refractivity contribution < 1.29 is 9.53 Å². The number of amides is 1. The zero-order chi connectivity index (χ0) is 21.9. The summed E-state index contributed by atoms with van der Waals surface area (Å²) in [5.74, 6) is 2.03. The van der Waals surface area contributed by atoms with Crippen molar-refractivity contribution in [3.63, 3.8) is 0 Å². The third-order valence-electron chi connectivity index (χ3n) is 4.53. The Kier molecular flexibility index (Phi) is 12.0. The molecular formula is C24H35IN4O2. The fraction of sp³-hybridized carbons (Fsp3) is 0.417. The second kappa shape index (κ2) is 13.9. The summed E-state index contributed by atoms with van der Waals surface area (Å²) in [6, 6.07) is 15.8. The number of hydrogen-bond acceptors (Lipinski definition) is 3. The van der Waals surface area contributed by atoms with E-state index in [0.717, 1.165) is 16.9 Å². The Hall–Kier alpha value is -2.29. The quantitative estimate of drug-likeness (QED) is 0.250. The number of aliphatic imine (C=N–C) groups is 1. The van der Waals surface area contributed by atoms with Gasteiger partial charge in [0.15, 0.2) is 5.96 Å². The molecule has 0 saturated carbocycles. The van der Waals surface area contributed by atoms with E-state index in [1.54, 1.807) is 7.05 Å². The van der Waals surface area contributed by atoms with Crippen LogP contribution in [0.25, 0.3) is 0 Å². The van der Waals surface area contributed by atoms with Gasteiger partial charge in [-0.15, -0.1) is 24.0 Å². The zero-order valence-electron chi connectivity index (χ0n) is 19.1. The maximum atomic E-state index is 12.0. The molecule has 0 spiro atoms. The summed E-state index contributed by atoms with van der Waals surface area (Å²) in [4.78, 5) is 16.3. The highest BCUT2D eigenvalue weighted by atomic mass is 127. The Morgan fingerprint density at radius 2 is 1.77 bits per heavy atom. The third kappa shape index (κ3) is 9.16. The van der Waals surface area contributed by atoms with Crippen LogP contribution in [0.3, 0.4) is 0 Å². The average Bonchev–Trinajstić information content (AvgIpc) is 2.75. The Labute approximate surface area is 203 Å². The number of ether oxygens (including phenoxy) is 1. The molecule has 31 heavy (non-hydrogen) atoms. The third-order valence-corrected chi connectivity index (χ3v) is 4.53. The lowest BCUT2D eigenvalue weighted by molar-refractivity contribution is 0.0955. The SMILES string of the molecule is CCNC(=O)c1cccc(CNC(=NC)NC(C)c2ccc(OCC(C)C)cc2)c1.I. The lowest BCUT2D eigenvalue weighted by Gasteiger charge is -2.19. The highest BCUT2D eigenvalue weighted by Gasteiger charge is 2.09. The summed E-state index contributed by atoms with van der Waals surface area (Å²) in [5, 5.41) is 9.53. The summed E-state index contributed by atoms with van der Waals surface area (Å²) < 4.78 is 5.75. The molecule has 2 aromatic carbocycles. The maximum Gasteiger partial charge on any atom is 0.251 e. The normalized spacial score (nSPS) is 12.0. The van der Waals surface area contributed by atoms with Crippen molar-refractivity contribution in [3.05, 3.63) is 65.2 Å². The molecule has 0 aliphatic carbocycles. The van der Waals surface area contributed by atoms with E-state index >= 15 is 0 Å². The Morgan fingerprint density at radius 1 is 1.06 bits per heavy atom. The van der Waals surface area contributed by atoms with Crippen molar-refractivity contribution in [2.75, 3.05) is 20.2 Å². The second-order valence-electron chi connectivity index (χ2n) is 7.63. The van der Waals surface area contributed by atoms with E-state index in [1.807, 2.05) is 43.3 Å². The van der Waals surface area contributed by atoms with Crippen LogP contribution in [-0.2, 0) is 6.54 Å². The standard InChI is InChI=1S/C24H34N4O2.HI/c1-6-26-23(29)21-9-7-8-19(14-21)15-27-24(25-5)28-18(4)20-10-12-22(13-11-20)30-16-17(2)3;/h7-14,17-18H,6,15-16H2,1-5H3,(H,26,29)(H2,25,27,28);1H. The largest absolute Gasteiger partial charge is 0.493 e. The van der Waals surface area contributed by atoms with Crippen LogP contribution in [0.15, 0.2) is 53.5 Å².